The molecule has 3 nitrogen and oxygen atoms in total. The fourth-order valence-corrected chi connectivity index (χ4v) is 6.21. The molecule has 4 aliphatic carbocycles. The first-order valence-corrected chi connectivity index (χ1v) is 9.34. The molecule has 1 aromatic carbocycles. The number of rotatable bonds is 4. The molecule has 0 saturated heterocycles. The van der Waals surface area contributed by atoms with Gasteiger partial charge in [-0.3, -0.25) is 9.59 Å². The minimum Gasteiger partial charge on any atom is -0.426 e. The fourth-order valence-electron chi connectivity index (χ4n) is 5.52. The number of hydrogen-bond donors (Lipinski definition) is 0. The SMILES string of the molecule is CCC(=O)c1ccc(OC(=O)C23C[C@H]4C[C@@H](CC(Cl)(C4)C2)C3)cc1. The van der Waals surface area contributed by atoms with Crippen LogP contribution in [0.2, 0.25) is 0 Å². The van der Waals surface area contributed by atoms with Crippen molar-refractivity contribution in [2.24, 2.45) is 17.3 Å². The van der Waals surface area contributed by atoms with Crippen LogP contribution in [0.5, 0.6) is 5.75 Å². The van der Waals surface area contributed by atoms with Crippen LogP contribution in [0.3, 0.4) is 0 Å². The molecule has 1 aromatic rings. The van der Waals surface area contributed by atoms with E-state index in [-0.39, 0.29) is 16.6 Å². The van der Waals surface area contributed by atoms with Gasteiger partial charge in [-0.1, -0.05) is 6.92 Å². The van der Waals surface area contributed by atoms with Crippen molar-refractivity contribution in [1.82, 2.24) is 0 Å². The smallest absolute Gasteiger partial charge is 0.317 e. The van der Waals surface area contributed by atoms with Gasteiger partial charge >= 0.3 is 5.97 Å². The molecule has 0 aliphatic heterocycles. The highest BCUT2D eigenvalue weighted by molar-refractivity contribution is 6.24. The van der Waals surface area contributed by atoms with Gasteiger partial charge in [0.15, 0.2) is 5.78 Å². The Labute approximate surface area is 147 Å². The predicted octanol–water partition coefficient (Wildman–Crippen LogP) is 4.76. The van der Waals surface area contributed by atoms with Gasteiger partial charge in [-0.25, -0.2) is 0 Å². The van der Waals surface area contributed by atoms with Gasteiger partial charge in [-0.15, -0.1) is 11.6 Å². The lowest BCUT2D eigenvalue weighted by atomic mass is 9.49. The highest BCUT2D eigenvalue weighted by Gasteiger charge is 2.60. The molecule has 4 saturated carbocycles. The monoisotopic (exact) mass is 346 g/mol. The summed E-state index contributed by atoms with van der Waals surface area (Å²) in [6.07, 6.45) is 6.38. The van der Waals surface area contributed by atoms with Crippen LogP contribution in [0.15, 0.2) is 24.3 Å². The van der Waals surface area contributed by atoms with Gasteiger partial charge in [0.2, 0.25) is 0 Å². The van der Waals surface area contributed by atoms with E-state index in [9.17, 15) is 9.59 Å². The summed E-state index contributed by atoms with van der Waals surface area (Å²) in [4.78, 5) is 24.4. The van der Waals surface area contributed by atoms with E-state index < -0.39 is 5.41 Å². The minimum absolute atomic E-state index is 0.0954. The molecule has 0 radical (unpaired) electrons. The molecule has 0 spiro atoms. The Kier molecular flexibility index (Phi) is 3.76. The summed E-state index contributed by atoms with van der Waals surface area (Å²) in [7, 11) is 0. The molecule has 4 aliphatic rings. The molecule has 4 bridgehead atoms. The van der Waals surface area contributed by atoms with E-state index in [4.69, 9.17) is 16.3 Å². The summed E-state index contributed by atoms with van der Waals surface area (Å²) in [6, 6.07) is 6.91. The lowest BCUT2D eigenvalue weighted by molar-refractivity contribution is -0.160. The Morgan fingerprint density at radius 3 is 2.29 bits per heavy atom. The van der Waals surface area contributed by atoms with Gasteiger partial charge in [0, 0.05) is 16.9 Å². The highest BCUT2D eigenvalue weighted by atomic mass is 35.5. The Balaban J connectivity index is 1.51. The van der Waals surface area contributed by atoms with E-state index in [1.807, 2.05) is 6.92 Å². The van der Waals surface area contributed by atoms with Gasteiger partial charge in [-0.05, 0) is 74.6 Å². The maximum Gasteiger partial charge on any atom is 0.317 e. The lowest BCUT2D eigenvalue weighted by Gasteiger charge is -2.58. The number of benzene rings is 1. The maximum atomic E-state index is 12.9. The van der Waals surface area contributed by atoms with Crippen LogP contribution in [-0.2, 0) is 4.79 Å². The molecule has 128 valence electrons. The van der Waals surface area contributed by atoms with Crippen molar-refractivity contribution in [2.45, 2.75) is 56.7 Å². The standard InChI is InChI=1S/C20H23ClO3/c1-2-17(22)15-3-5-16(6-4-15)24-18(23)19-8-13-7-14(9-19)11-20(21,10-13)12-19/h3-6,13-14H,2,7-12H2,1H3/t13-,14-,19?,20?/m1/s1. The molecule has 2 atom stereocenters. The second kappa shape index (κ2) is 5.59. The van der Waals surface area contributed by atoms with Crippen LogP contribution >= 0.6 is 11.6 Å². The summed E-state index contributed by atoms with van der Waals surface area (Å²) in [6.45, 7) is 1.84. The van der Waals surface area contributed by atoms with Crippen molar-refractivity contribution in [3.8, 4) is 5.75 Å². The number of carbonyl (C=O) groups is 2. The number of ether oxygens (including phenoxy) is 1. The van der Waals surface area contributed by atoms with Crippen LogP contribution in [0.25, 0.3) is 0 Å². The van der Waals surface area contributed by atoms with Crippen LogP contribution in [0.4, 0.5) is 0 Å². The third-order valence-electron chi connectivity index (χ3n) is 6.13. The molecular formula is C20H23ClO3. The number of carbonyl (C=O) groups excluding carboxylic acids is 2. The van der Waals surface area contributed by atoms with Gasteiger partial charge in [0.05, 0.1) is 5.41 Å². The Hall–Kier alpha value is -1.35. The first kappa shape index (κ1) is 16.1. The average molecular weight is 347 g/mol. The van der Waals surface area contributed by atoms with Crippen molar-refractivity contribution < 1.29 is 14.3 Å². The normalized spacial score (nSPS) is 36.6. The first-order valence-electron chi connectivity index (χ1n) is 8.96. The second-order valence-corrected chi connectivity index (χ2v) is 8.88. The molecule has 4 heteroatoms. The largest absolute Gasteiger partial charge is 0.426 e. The molecule has 0 N–H and O–H groups in total. The topological polar surface area (TPSA) is 43.4 Å². The third kappa shape index (κ3) is 2.67. The van der Waals surface area contributed by atoms with Crippen molar-refractivity contribution in [2.75, 3.05) is 0 Å². The lowest BCUT2D eigenvalue weighted by Crippen LogP contribution is -2.56. The first-order chi connectivity index (χ1) is 11.4. The third-order valence-corrected chi connectivity index (χ3v) is 6.57. The molecule has 4 fully saturated rings. The fraction of sp³-hybridized carbons (Fsp3) is 0.600. The predicted molar refractivity (Wildman–Crippen MR) is 92.4 cm³/mol. The number of alkyl halides is 1. The summed E-state index contributed by atoms with van der Waals surface area (Å²) < 4.78 is 5.70. The van der Waals surface area contributed by atoms with Crippen LogP contribution < -0.4 is 4.74 Å². The average Bonchev–Trinajstić information content (AvgIpc) is 2.52. The van der Waals surface area contributed by atoms with Crippen LogP contribution in [-0.4, -0.2) is 16.6 Å². The van der Waals surface area contributed by atoms with Gasteiger partial charge in [-0.2, -0.15) is 0 Å². The van der Waals surface area contributed by atoms with Crippen LogP contribution in [0.1, 0.15) is 62.2 Å². The van der Waals surface area contributed by atoms with Crippen molar-refractivity contribution >= 4 is 23.4 Å². The van der Waals surface area contributed by atoms with E-state index in [0.717, 1.165) is 32.1 Å². The number of Topliss-reactive ketones (excluding diaryl/α,β-unsaturated/α-hetero) is 1. The minimum atomic E-state index is -0.399. The number of ketones is 1. The van der Waals surface area contributed by atoms with E-state index in [0.29, 0.717) is 29.6 Å². The summed E-state index contributed by atoms with van der Waals surface area (Å²) in [5, 5.41) is 0. The molecule has 0 unspecified atom stereocenters. The number of hydrogen-bond acceptors (Lipinski definition) is 3. The molecule has 0 aromatic heterocycles. The van der Waals surface area contributed by atoms with Gasteiger partial charge < -0.3 is 4.74 Å². The zero-order chi connectivity index (χ0) is 16.9. The Morgan fingerprint density at radius 2 is 1.75 bits per heavy atom. The van der Waals surface area contributed by atoms with E-state index in [1.165, 1.54) is 6.42 Å². The summed E-state index contributed by atoms with van der Waals surface area (Å²) >= 11 is 6.79. The summed E-state index contributed by atoms with van der Waals surface area (Å²) in [5.74, 6) is 1.63. The maximum absolute atomic E-state index is 12.9. The zero-order valence-corrected chi connectivity index (χ0v) is 14.8. The van der Waals surface area contributed by atoms with E-state index in [1.54, 1.807) is 24.3 Å². The quantitative estimate of drug-likeness (QED) is 0.341. The Morgan fingerprint density at radius 1 is 1.12 bits per heavy atom. The van der Waals surface area contributed by atoms with Gasteiger partial charge in [0.1, 0.15) is 5.75 Å². The number of halogens is 1. The van der Waals surface area contributed by atoms with Crippen LogP contribution in [0, 0.1) is 17.3 Å². The van der Waals surface area contributed by atoms with E-state index >= 15 is 0 Å². The molecule has 24 heavy (non-hydrogen) atoms. The van der Waals surface area contributed by atoms with E-state index in [2.05, 4.69) is 0 Å². The summed E-state index contributed by atoms with van der Waals surface area (Å²) in [5.41, 5.74) is 0.260. The zero-order valence-electron chi connectivity index (χ0n) is 14.0. The van der Waals surface area contributed by atoms with Crippen molar-refractivity contribution in [3.05, 3.63) is 29.8 Å². The molecular weight excluding hydrogens is 324 g/mol. The second-order valence-electron chi connectivity index (χ2n) is 8.08. The molecule has 0 heterocycles. The molecule has 0 amide bonds. The van der Waals surface area contributed by atoms with Crippen molar-refractivity contribution in [3.63, 3.8) is 0 Å². The van der Waals surface area contributed by atoms with Gasteiger partial charge in [0.25, 0.3) is 0 Å². The molecule has 5 rings (SSSR count). The number of esters is 1. The Bertz CT molecular complexity index is 665. The van der Waals surface area contributed by atoms with Crippen molar-refractivity contribution in [1.29, 1.82) is 0 Å². The highest BCUT2D eigenvalue weighted by Crippen LogP contribution is 2.64.